The van der Waals surface area contributed by atoms with Crippen molar-refractivity contribution in [1.29, 1.82) is 0 Å². The fourth-order valence-corrected chi connectivity index (χ4v) is 3.25. The van der Waals surface area contributed by atoms with E-state index in [1.807, 2.05) is 32.0 Å². The molecule has 1 unspecified atom stereocenters. The topological polar surface area (TPSA) is 77.6 Å². The number of hydrogen-bond acceptors (Lipinski definition) is 5. The molecule has 154 valence electrons. The van der Waals surface area contributed by atoms with Gasteiger partial charge in [0.1, 0.15) is 11.9 Å². The number of carbonyl (C=O) groups is 2. The average Bonchev–Trinajstić information content (AvgIpc) is 2.73. The van der Waals surface area contributed by atoms with Crippen molar-refractivity contribution in [1.82, 2.24) is 15.2 Å². The van der Waals surface area contributed by atoms with E-state index >= 15 is 0 Å². The Kier molecular flexibility index (Phi) is 6.82. The Morgan fingerprint density at radius 2 is 1.69 bits per heavy atom. The van der Waals surface area contributed by atoms with Crippen molar-refractivity contribution >= 4 is 23.3 Å². The van der Waals surface area contributed by atoms with Crippen molar-refractivity contribution in [3.05, 3.63) is 54.2 Å². The largest absolute Gasteiger partial charge is 0.354 e. The molecule has 0 saturated carbocycles. The second kappa shape index (κ2) is 9.52. The number of benzene rings is 1. The zero-order valence-corrected chi connectivity index (χ0v) is 17.3. The zero-order chi connectivity index (χ0) is 20.8. The predicted octanol–water partition coefficient (Wildman–Crippen LogP) is 2.23. The molecule has 1 aromatic heterocycles. The van der Waals surface area contributed by atoms with Gasteiger partial charge in [-0.05, 0) is 37.2 Å². The molecule has 2 N–H and O–H groups in total. The van der Waals surface area contributed by atoms with E-state index in [2.05, 4.69) is 32.5 Å². The fourth-order valence-electron chi connectivity index (χ4n) is 3.25. The van der Waals surface area contributed by atoms with E-state index in [1.54, 1.807) is 30.5 Å². The van der Waals surface area contributed by atoms with Gasteiger partial charge in [-0.25, -0.2) is 4.98 Å². The molecule has 2 heterocycles. The van der Waals surface area contributed by atoms with E-state index in [4.69, 9.17) is 0 Å². The van der Waals surface area contributed by atoms with E-state index < -0.39 is 6.04 Å². The van der Waals surface area contributed by atoms with Crippen molar-refractivity contribution in [2.75, 3.05) is 43.4 Å². The molecule has 1 fully saturated rings. The summed E-state index contributed by atoms with van der Waals surface area (Å²) in [6, 6.07) is 12.0. The molecule has 1 aliphatic heterocycles. The summed E-state index contributed by atoms with van der Waals surface area (Å²) in [6.45, 7) is 7.72. The van der Waals surface area contributed by atoms with Crippen molar-refractivity contribution in [2.24, 2.45) is 5.92 Å². The van der Waals surface area contributed by atoms with Gasteiger partial charge in [0.2, 0.25) is 5.91 Å². The minimum Gasteiger partial charge on any atom is -0.354 e. The molecule has 0 bridgehead atoms. The number of amides is 2. The van der Waals surface area contributed by atoms with Crippen LogP contribution in [0.2, 0.25) is 0 Å². The Hall–Kier alpha value is -2.93. The number of likely N-dealkylation sites (N-methyl/N-ethyl adjacent to an activating group) is 1. The van der Waals surface area contributed by atoms with Gasteiger partial charge in [-0.3, -0.25) is 9.59 Å². The smallest absolute Gasteiger partial charge is 0.251 e. The third-order valence-corrected chi connectivity index (χ3v) is 5.11. The molecule has 1 aliphatic rings. The molecule has 7 nitrogen and oxygen atoms in total. The Morgan fingerprint density at radius 3 is 2.28 bits per heavy atom. The van der Waals surface area contributed by atoms with Crippen LogP contribution in [-0.4, -0.2) is 61.0 Å². The first-order valence-corrected chi connectivity index (χ1v) is 10.0. The molecule has 1 atom stereocenters. The maximum absolute atomic E-state index is 12.8. The minimum absolute atomic E-state index is 0.0553. The van der Waals surface area contributed by atoms with Crippen LogP contribution in [0.3, 0.4) is 0 Å². The molecule has 1 saturated heterocycles. The quantitative estimate of drug-likeness (QED) is 0.784. The summed E-state index contributed by atoms with van der Waals surface area (Å²) in [5, 5.41) is 5.71. The summed E-state index contributed by atoms with van der Waals surface area (Å²) in [6.07, 6.45) is 1.67. The first-order valence-electron chi connectivity index (χ1n) is 10.0. The number of carbonyl (C=O) groups excluding carboxylic acids is 2. The van der Waals surface area contributed by atoms with Crippen LogP contribution in [-0.2, 0) is 4.79 Å². The zero-order valence-electron chi connectivity index (χ0n) is 17.3. The van der Waals surface area contributed by atoms with Crippen LogP contribution in [0.15, 0.2) is 48.7 Å². The minimum atomic E-state index is -0.639. The summed E-state index contributed by atoms with van der Waals surface area (Å²) in [5.74, 6) is 0.343. The maximum atomic E-state index is 12.8. The molecular formula is C22H29N5O2. The highest BCUT2D eigenvalue weighted by molar-refractivity contribution is 6.01. The van der Waals surface area contributed by atoms with Crippen molar-refractivity contribution < 1.29 is 9.59 Å². The highest BCUT2D eigenvalue weighted by Gasteiger charge is 2.25. The third-order valence-electron chi connectivity index (χ3n) is 5.11. The lowest BCUT2D eigenvalue weighted by Crippen LogP contribution is -2.47. The summed E-state index contributed by atoms with van der Waals surface area (Å²) in [7, 11) is 2.12. The van der Waals surface area contributed by atoms with Crippen LogP contribution in [0.5, 0.6) is 0 Å². The number of pyridine rings is 1. The molecule has 0 aliphatic carbocycles. The van der Waals surface area contributed by atoms with Gasteiger partial charge in [0.15, 0.2) is 0 Å². The molecule has 7 heteroatoms. The van der Waals surface area contributed by atoms with E-state index in [1.165, 1.54) is 0 Å². The number of aromatic nitrogens is 1. The van der Waals surface area contributed by atoms with Gasteiger partial charge in [0.05, 0.1) is 11.9 Å². The fraction of sp³-hybridized carbons (Fsp3) is 0.409. The van der Waals surface area contributed by atoms with Crippen LogP contribution in [0, 0.1) is 5.92 Å². The van der Waals surface area contributed by atoms with E-state index in [-0.39, 0.29) is 17.7 Å². The predicted molar refractivity (Wildman–Crippen MR) is 115 cm³/mol. The SMILES string of the molecule is CC(C)C(NC(=O)c1ccccc1)C(=O)Nc1ccc(N2CCN(C)CC2)nc1. The van der Waals surface area contributed by atoms with Crippen LogP contribution >= 0.6 is 0 Å². The second-order valence-electron chi connectivity index (χ2n) is 7.75. The molecule has 2 aromatic rings. The number of piperazine rings is 1. The molecule has 1 aromatic carbocycles. The lowest BCUT2D eigenvalue weighted by Gasteiger charge is -2.33. The summed E-state index contributed by atoms with van der Waals surface area (Å²) in [4.78, 5) is 34.3. The Balaban J connectivity index is 1.61. The standard InChI is InChI=1S/C22H29N5O2/c1-16(2)20(25-21(28)17-7-5-4-6-8-17)22(29)24-18-9-10-19(23-15-18)27-13-11-26(3)12-14-27/h4-10,15-16,20H,11-14H2,1-3H3,(H,24,29)(H,25,28). The van der Waals surface area contributed by atoms with Gasteiger partial charge in [0.25, 0.3) is 5.91 Å². The van der Waals surface area contributed by atoms with Crippen LogP contribution in [0.4, 0.5) is 11.5 Å². The number of nitrogens with one attached hydrogen (secondary N) is 2. The summed E-state index contributed by atoms with van der Waals surface area (Å²) < 4.78 is 0. The summed E-state index contributed by atoms with van der Waals surface area (Å²) >= 11 is 0. The number of nitrogens with zero attached hydrogens (tertiary/aromatic N) is 3. The molecule has 3 rings (SSSR count). The van der Waals surface area contributed by atoms with Gasteiger partial charge in [-0.2, -0.15) is 0 Å². The van der Waals surface area contributed by atoms with Crippen molar-refractivity contribution in [2.45, 2.75) is 19.9 Å². The van der Waals surface area contributed by atoms with E-state index in [0.717, 1.165) is 32.0 Å². The molecular weight excluding hydrogens is 366 g/mol. The van der Waals surface area contributed by atoms with Gasteiger partial charge in [-0.15, -0.1) is 0 Å². The molecule has 29 heavy (non-hydrogen) atoms. The van der Waals surface area contributed by atoms with Crippen LogP contribution in [0.1, 0.15) is 24.2 Å². The lowest BCUT2D eigenvalue weighted by molar-refractivity contribution is -0.118. The van der Waals surface area contributed by atoms with Gasteiger partial charge >= 0.3 is 0 Å². The van der Waals surface area contributed by atoms with E-state index in [9.17, 15) is 9.59 Å². The van der Waals surface area contributed by atoms with Crippen molar-refractivity contribution in [3.8, 4) is 0 Å². The van der Waals surface area contributed by atoms with Crippen LogP contribution < -0.4 is 15.5 Å². The van der Waals surface area contributed by atoms with Gasteiger partial charge < -0.3 is 20.4 Å². The van der Waals surface area contributed by atoms with Crippen molar-refractivity contribution in [3.63, 3.8) is 0 Å². The molecule has 0 radical (unpaired) electrons. The number of anilines is 2. The normalized spacial score (nSPS) is 15.8. The first-order chi connectivity index (χ1) is 13.9. The number of rotatable bonds is 6. The Labute approximate surface area is 172 Å². The Morgan fingerprint density at radius 1 is 1.00 bits per heavy atom. The van der Waals surface area contributed by atoms with Gasteiger partial charge in [0, 0.05) is 31.7 Å². The maximum Gasteiger partial charge on any atom is 0.251 e. The highest BCUT2D eigenvalue weighted by atomic mass is 16.2. The first kappa shape index (κ1) is 20.8. The van der Waals surface area contributed by atoms with E-state index in [0.29, 0.717) is 11.3 Å². The highest BCUT2D eigenvalue weighted by Crippen LogP contribution is 2.17. The third kappa shape index (κ3) is 5.54. The monoisotopic (exact) mass is 395 g/mol. The Bertz CT molecular complexity index is 815. The second-order valence-corrected chi connectivity index (χ2v) is 7.75. The molecule has 2 amide bonds. The molecule has 0 spiro atoms. The van der Waals surface area contributed by atoms with Gasteiger partial charge in [-0.1, -0.05) is 32.0 Å². The average molecular weight is 396 g/mol. The number of hydrogen-bond donors (Lipinski definition) is 2. The lowest BCUT2D eigenvalue weighted by atomic mass is 10.0. The summed E-state index contributed by atoms with van der Waals surface area (Å²) in [5.41, 5.74) is 1.15. The van der Waals surface area contributed by atoms with Crippen LogP contribution in [0.25, 0.3) is 0 Å².